The molecule has 0 fully saturated rings. The molecule has 2 aromatic rings. The molecule has 19 heavy (non-hydrogen) atoms. The molecule has 0 atom stereocenters. The van der Waals surface area contributed by atoms with E-state index in [2.05, 4.69) is 31.3 Å². The van der Waals surface area contributed by atoms with Gasteiger partial charge in [-0.05, 0) is 36.9 Å². The molecule has 0 aliphatic rings. The van der Waals surface area contributed by atoms with E-state index in [1.54, 1.807) is 6.07 Å². The number of hydrogen-bond acceptors (Lipinski definition) is 5. The van der Waals surface area contributed by atoms with Crippen molar-refractivity contribution in [1.29, 1.82) is 0 Å². The molecule has 0 aliphatic carbocycles. The van der Waals surface area contributed by atoms with Gasteiger partial charge in [0.25, 0.3) is 0 Å². The van der Waals surface area contributed by atoms with Crippen LogP contribution in [-0.4, -0.2) is 25.8 Å². The van der Waals surface area contributed by atoms with Gasteiger partial charge >= 0.3 is 0 Å². The summed E-state index contributed by atoms with van der Waals surface area (Å²) in [7, 11) is 1.89. The molecule has 6 nitrogen and oxygen atoms in total. The molecule has 8 heteroatoms. The first-order valence-electron chi connectivity index (χ1n) is 5.34. The largest absolute Gasteiger partial charge is 0.409 e. The molecule has 0 saturated carbocycles. The average molecular weight is 342 g/mol. The van der Waals surface area contributed by atoms with Crippen LogP contribution in [-0.2, 0) is 7.05 Å². The van der Waals surface area contributed by atoms with Gasteiger partial charge in [-0.2, -0.15) is 0 Å². The summed E-state index contributed by atoms with van der Waals surface area (Å²) in [5.74, 6) is 0.882. The molecular formula is C11H12BrN5OS. The van der Waals surface area contributed by atoms with Crippen LogP contribution in [0.4, 0.5) is 0 Å². The van der Waals surface area contributed by atoms with E-state index in [-0.39, 0.29) is 5.84 Å². The SMILES string of the molecule is Cc1nnc(Sc2ccc(Br)cc2/C(N)=N/O)n1C. The maximum absolute atomic E-state index is 8.83. The van der Waals surface area contributed by atoms with Crippen molar-refractivity contribution in [3.05, 3.63) is 34.1 Å². The zero-order valence-corrected chi connectivity index (χ0v) is 12.7. The summed E-state index contributed by atoms with van der Waals surface area (Å²) in [5, 5.41) is 20.7. The zero-order chi connectivity index (χ0) is 14.0. The van der Waals surface area contributed by atoms with Crippen molar-refractivity contribution in [3.63, 3.8) is 0 Å². The van der Waals surface area contributed by atoms with Crippen molar-refractivity contribution in [2.75, 3.05) is 0 Å². The van der Waals surface area contributed by atoms with Gasteiger partial charge in [0.15, 0.2) is 11.0 Å². The maximum Gasteiger partial charge on any atom is 0.195 e. The van der Waals surface area contributed by atoms with Crippen molar-refractivity contribution in [1.82, 2.24) is 14.8 Å². The number of hydrogen-bond donors (Lipinski definition) is 2. The van der Waals surface area contributed by atoms with Crippen LogP contribution in [0.2, 0.25) is 0 Å². The third-order valence-electron chi connectivity index (χ3n) is 2.58. The summed E-state index contributed by atoms with van der Waals surface area (Å²) in [4.78, 5) is 0.842. The van der Waals surface area contributed by atoms with E-state index in [4.69, 9.17) is 10.9 Å². The van der Waals surface area contributed by atoms with E-state index in [0.29, 0.717) is 5.56 Å². The Morgan fingerprint density at radius 3 is 2.79 bits per heavy atom. The number of aryl methyl sites for hydroxylation is 1. The van der Waals surface area contributed by atoms with Gasteiger partial charge in [-0.15, -0.1) is 10.2 Å². The van der Waals surface area contributed by atoms with Crippen LogP contribution in [0.15, 0.2) is 37.9 Å². The number of oxime groups is 1. The zero-order valence-electron chi connectivity index (χ0n) is 10.3. The second kappa shape index (κ2) is 5.62. The summed E-state index contributed by atoms with van der Waals surface area (Å²) in [6, 6.07) is 5.56. The van der Waals surface area contributed by atoms with Crippen LogP contribution >= 0.6 is 27.7 Å². The van der Waals surface area contributed by atoms with Gasteiger partial charge in [0.05, 0.1) is 0 Å². The second-order valence-electron chi connectivity index (χ2n) is 3.82. The Hall–Kier alpha value is -1.54. The summed E-state index contributed by atoms with van der Waals surface area (Å²) < 4.78 is 2.73. The van der Waals surface area contributed by atoms with E-state index in [9.17, 15) is 0 Å². The Bertz CT molecular complexity index is 640. The van der Waals surface area contributed by atoms with E-state index >= 15 is 0 Å². The molecule has 1 heterocycles. The number of aromatic nitrogens is 3. The number of benzene rings is 1. The molecule has 3 N–H and O–H groups in total. The Morgan fingerprint density at radius 2 is 2.21 bits per heavy atom. The summed E-state index contributed by atoms with van der Waals surface area (Å²) >= 11 is 4.77. The topological polar surface area (TPSA) is 89.3 Å². The van der Waals surface area contributed by atoms with E-state index in [1.165, 1.54) is 11.8 Å². The first-order chi connectivity index (χ1) is 9.02. The fourth-order valence-electron chi connectivity index (χ4n) is 1.42. The highest BCUT2D eigenvalue weighted by molar-refractivity contribution is 9.10. The molecule has 0 amide bonds. The van der Waals surface area contributed by atoms with Gasteiger partial charge in [-0.3, -0.25) is 0 Å². The molecular weight excluding hydrogens is 330 g/mol. The van der Waals surface area contributed by atoms with Crippen LogP contribution in [0, 0.1) is 6.92 Å². The van der Waals surface area contributed by atoms with Gasteiger partial charge in [0.2, 0.25) is 0 Å². The maximum atomic E-state index is 8.83. The third kappa shape index (κ3) is 2.90. The molecule has 1 aromatic carbocycles. The summed E-state index contributed by atoms with van der Waals surface area (Å²) in [6.45, 7) is 1.88. The van der Waals surface area contributed by atoms with E-state index in [1.807, 2.05) is 30.7 Å². The fourth-order valence-corrected chi connectivity index (χ4v) is 2.74. The Labute approximate surface area is 122 Å². The van der Waals surface area contributed by atoms with Crippen molar-refractivity contribution in [2.24, 2.45) is 17.9 Å². The first-order valence-corrected chi connectivity index (χ1v) is 6.95. The lowest BCUT2D eigenvalue weighted by atomic mass is 10.2. The highest BCUT2D eigenvalue weighted by Crippen LogP contribution is 2.30. The van der Waals surface area contributed by atoms with Crippen molar-refractivity contribution in [2.45, 2.75) is 17.0 Å². The van der Waals surface area contributed by atoms with Crippen molar-refractivity contribution >= 4 is 33.5 Å². The van der Waals surface area contributed by atoms with Crippen molar-refractivity contribution < 1.29 is 5.21 Å². The summed E-state index contributed by atoms with van der Waals surface area (Å²) in [5.41, 5.74) is 6.33. The smallest absolute Gasteiger partial charge is 0.195 e. The highest BCUT2D eigenvalue weighted by Gasteiger charge is 2.13. The minimum Gasteiger partial charge on any atom is -0.409 e. The number of nitrogens with two attached hydrogens (primary N) is 1. The van der Waals surface area contributed by atoms with Gasteiger partial charge in [0, 0.05) is 22.0 Å². The molecule has 1 aromatic heterocycles. The fraction of sp³-hybridized carbons (Fsp3) is 0.182. The predicted molar refractivity (Wildman–Crippen MR) is 76.5 cm³/mol. The predicted octanol–water partition coefficient (Wildman–Crippen LogP) is 2.13. The van der Waals surface area contributed by atoms with E-state index < -0.39 is 0 Å². The second-order valence-corrected chi connectivity index (χ2v) is 5.74. The highest BCUT2D eigenvalue weighted by atomic mass is 79.9. The van der Waals surface area contributed by atoms with Crippen LogP contribution < -0.4 is 5.73 Å². The van der Waals surface area contributed by atoms with Crippen LogP contribution in [0.25, 0.3) is 0 Å². The Morgan fingerprint density at radius 1 is 1.47 bits per heavy atom. The van der Waals surface area contributed by atoms with Crippen LogP contribution in [0.1, 0.15) is 11.4 Å². The van der Waals surface area contributed by atoms with Crippen LogP contribution in [0.3, 0.4) is 0 Å². The van der Waals surface area contributed by atoms with Gasteiger partial charge < -0.3 is 15.5 Å². The average Bonchev–Trinajstić information content (AvgIpc) is 2.71. The van der Waals surface area contributed by atoms with E-state index in [0.717, 1.165) is 20.3 Å². The minimum absolute atomic E-state index is 0.0580. The lowest BCUT2D eigenvalue weighted by Crippen LogP contribution is -2.14. The Balaban J connectivity index is 2.43. The molecule has 0 aliphatic heterocycles. The standard InChI is InChI=1S/C11H12BrN5OS/c1-6-14-15-11(17(6)2)19-9-4-3-7(12)5-8(9)10(13)16-18/h3-5,18H,1-2H3,(H2,13,16). The molecule has 0 bridgehead atoms. The summed E-state index contributed by atoms with van der Waals surface area (Å²) in [6.07, 6.45) is 0. The minimum atomic E-state index is 0.0580. The normalized spacial score (nSPS) is 11.8. The monoisotopic (exact) mass is 341 g/mol. The molecule has 2 rings (SSSR count). The number of amidine groups is 1. The molecule has 100 valence electrons. The van der Waals surface area contributed by atoms with Gasteiger partial charge in [-0.1, -0.05) is 21.1 Å². The van der Waals surface area contributed by atoms with Crippen molar-refractivity contribution in [3.8, 4) is 0 Å². The lowest BCUT2D eigenvalue weighted by molar-refractivity contribution is 0.318. The number of rotatable bonds is 3. The molecule has 0 unspecified atom stereocenters. The number of halogens is 1. The Kier molecular flexibility index (Phi) is 4.11. The van der Waals surface area contributed by atoms with Gasteiger partial charge in [-0.25, -0.2) is 0 Å². The molecule has 0 spiro atoms. The van der Waals surface area contributed by atoms with Crippen LogP contribution in [0.5, 0.6) is 0 Å². The molecule has 0 radical (unpaired) electrons. The lowest BCUT2D eigenvalue weighted by Gasteiger charge is -2.08. The quantitative estimate of drug-likeness (QED) is 0.386. The van der Waals surface area contributed by atoms with Gasteiger partial charge in [0.1, 0.15) is 5.82 Å². The number of nitrogens with zero attached hydrogens (tertiary/aromatic N) is 4. The molecule has 0 saturated heterocycles. The third-order valence-corrected chi connectivity index (χ3v) is 4.19. The first kappa shape index (κ1) is 13.9.